The molecule has 7 heteroatoms. The van der Waals surface area contributed by atoms with Gasteiger partial charge in [-0.15, -0.1) is 0 Å². The third-order valence-electron chi connectivity index (χ3n) is 4.75. The molecule has 0 spiro atoms. The van der Waals surface area contributed by atoms with Crippen molar-refractivity contribution in [1.82, 2.24) is 14.9 Å². The molecule has 1 aromatic heterocycles. The molecule has 5 nitrogen and oxygen atoms in total. The van der Waals surface area contributed by atoms with Crippen molar-refractivity contribution in [2.45, 2.75) is 18.9 Å². The van der Waals surface area contributed by atoms with Gasteiger partial charge < -0.3 is 9.88 Å². The Hall–Kier alpha value is -2.80. The highest BCUT2D eigenvalue weighted by atomic mass is 32.1. The van der Waals surface area contributed by atoms with Gasteiger partial charge in [-0.1, -0.05) is 12.1 Å². The van der Waals surface area contributed by atoms with Crippen LogP contribution >= 0.6 is 12.2 Å². The summed E-state index contributed by atoms with van der Waals surface area (Å²) in [7, 11) is 0. The van der Waals surface area contributed by atoms with Crippen LogP contribution < -0.4 is 5.56 Å². The minimum Gasteiger partial charge on any atom is -0.332 e. The number of amides is 1. The standard InChI is InChI=1S/C19H16FN3O2S/c20-13-6-3-11(4-7-13)16-2-1-9-23(16)18(25)12-5-8-14-15(10-12)21-19(26)22-17(14)24/h3-8,10,16H,1-2,9H2,(H2,21,22,24,26)/t16-/m1/s1. The number of rotatable bonds is 2. The lowest BCUT2D eigenvalue weighted by Crippen LogP contribution is -2.30. The lowest BCUT2D eigenvalue weighted by molar-refractivity contribution is 0.0736. The van der Waals surface area contributed by atoms with Crippen LogP contribution in [0.15, 0.2) is 47.3 Å². The van der Waals surface area contributed by atoms with E-state index in [-0.39, 0.29) is 28.1 Å². The average Bonchev–Trinajstić information content (AvgIpc) is 3.10. The molecule has 0 radical (unpaired) electrons. The zero-order chi connectivity index (χ0) is 18.3. The van der Waals surface area contributed by atoms with E-state index in [4.69, 9.17) is 12.2 Å². The predicted octanol–water partition coefficient (Wildman–Crippen LogP) is 3.70. The van der Waals surface area contributed by atoms with Gasteiger partial charge in [0.25, 0.3) is 11.5 Å². The molecular formula is C19H16FN3O2S. The largest absolute Gasteiger partial charge is 0.332 e. The number of benzene rings is 2. The summed E-state index contributed by atoms with van der Waals surface area (Å²) in [4.78, 5) is 32.2. The van der Waals surface area contributed by atoms with Crippen molar-refractivity contribution in [2.24, 2.45) is 0 Å². The number of fused-ring (bicyclic) bond motifs is 1. The van der Waals surface area contributed by atoms with Gasteiger partial charge in [0.2, 0.25) is 0 Å². The Morgan fingerprint density at radius 3 is 2.69 bits per heavy atom. The van der Waals surface area contributed by atoms with Gasteiger partial charge in [0.1, 0.15) is 5.82 Å². The zero-order valence-corrected chi connectivity index (χ0v) is 14.6. The van der Waals surface area contributed by atoms with Gasteiger partial charge >= 0.3 is 0 Å². The first-order valence-electron chi connectivity index (χ1n) is 8.36. The van der Waals surface area contributed by atoms with E-state index in [2.05, 4.69) is 9.97 Å². The molecule has 1 amide bonds. The maximum Gasteiger partial charge on any atom is 0.259 e. The van der Waals surface area contributed by atoms with Crippen LogP contribution in [0.5, 0.6) is 0 Å². The second kappa shape index (κ2) is 6.49. The number of aromatic amines is 2. The van der Waals surface area contributed by atoms with Crippen molar-refractivity contribution in [3.05, 3.63) is 74.5 Å². The van der Waals surface area contributed by atoms with E-state index in [0.717, 1.165) is 18.4 Å². The van der Waals surface area contributed by atoms with Crippen LogP contribution in [0.2, 0.25) is 0 Å². The van der Waals surface area contributed by atoms with E-state index in [1.54, 1.807) is 35.2 Å². The minimum absolute atomic E-state index is 0.0727. The number of halogens is 1. The Morgan fingerprint density at radius 2 is 1.92 bits per heavy atom. The Morgan fingerprint density at radius 1 is 1.15 bits per heavy atom. The van der Waals surface area contributed by atoms with E-state index in [0.29, 0.717) is 23.0 Å². The second-order valence-electron chi connectivity index (χ2n) is 6.38. The Bertz CT molecular complexity index is 1100. The van der Waals surface area contributed by atoms with Gasteiger partial charge in [-0.3, -0.25) is 14.6 Å². The Labute approximate surface area is 153 Å². The maximum absolute atomic E-state index is 13.2. The molecule has 1 aliphatic heterocycles. The van der Waals surface area contributed by atoms with Crippen molar-refractivity contribution in [2.75, 3.05) is 6.54 Å². The molecule has 1 saturated heterocycles. The van der Waals surface area contributed by atoms with Gasteiger partial charge in [0, 0.05) is 12.1 Å². The summed E-state index contributed by atoms with van der Waals surface area (Å²) < 4.78 is 13.4. The smallest absolute Gasteiger partial charge is 0.259 e. The molecule has 1 atom stereocenters. The van der Waals surface area contributed by atoms with Crippen molar-refractivity contribution in [3.63, 3.8) is 0 Å². The first-order valence-corrected chi connectivity index (χ1v) is 8.76. The topological polar surface area (TPSA) is 69.0 Å². The Kier molecular flexibility index (Phi) is 4.16. The number of hydrogen-bond acceptors (Lipinski definition) is 3. The molecule has 2 heterocycles. The average molecular weight is 369 g/mol. The molecular weight excluding hydrogens is 353 g/mol. The predicted molar refractivity (Wildman–Crippen MR) is 99.2 cm³/mol. The lowest BCUT2D eigenvalue weighted by Gasteiger charge is -2.25. The molecule has 132 valence electrons. The number of H-pyrrole nitrogens is 2. The van der Waals surface area contributed by atoms with Crippen LogP contribution in [0.1, 0.15) is 34.8 Å². The molecule has 4 rings (SSSR count). The molecule has 1 aliphatic rings. The highest BCUT2D eigenvalue weighted by Crippen LogP contribution is 2.33. The molecule has 26 heavy (non-hydrogen) atoms. The summed E-state index contributed by atoms with van der Waals surface area (Å²) in [5.41, 5.74) is 1.66. The highest BCUT2D eigenvalue weighted by molar-refractivity contribution is 7.71. The quantitative estimate of drug-likeness (QED) is 0.677. The third-order valence-corrected chi connectivity index (χ3v) is 4.96. The van der Waals surface area contributed by atoms with Crippen molar-refractivity contribution < 1.29 is 9.18 Å². The number of hydrogen-bond donors (Lipinski definition) is 2. The van der Waals surface area contributed by atoms with E-state index in [1.165, 1.54) is 12.1 Å². The van der Waals surface area contributed by atoms with Crippen LogP contribution in [0.3, 0.4) is 0 Å². The number of likely N-dealkylation sites (tertiary alicyclic amines) is 1. The summed E-state index contributed by atoms with van der Waals surface area (Å²) in [6.07, 6.45) is 1.73. The van der Waals surface area contributed by atoms with E-state index < -0.39 is 0 Å². The number of nitrogens with zero attached hydrogens (tertiary/aromatic N) is 1. The zero-order valence-electron chi connectivity index (χ0n) is 13.8. The van der Waals surface area contributed by atoms with Gasteiger partial charge in [0.15, 0.2) is 4.77 Å². The summed E-state index contributed by atoms with van der Waals surface area (Å²) in [5.74, 6) is -0.405. The Balaban J connectivity index is 1.70. The first-order chi connectivity index (χ1) is 12.5. The van der Waals surface area contributed by atoms with Gasteiger partial charge in [-0.2, -0.15) is 0 Å². The van der Waals surface area contributed by atoms with Gasteiger partial charge in [-0.25, -0.2) is 4.39 Å². The molecule has 0 unspecified atom stereocenters. The van der Waals surface area contributed by atoms with Crippen LogP contribution in [0.4, 0.5) is 4.39 Å². The van der Waals surface area contributed by atoms with Gasteiger partial charge in [0.05, 0.1) is 16.9 Å². The first kappa shape index (κ1) is 16.7. The fourth-order valence-corrected chi connectivity index (χ4v) is 3.71. The SMILES string of the molecule is O=C(c1ccc2c(=O)[nH]c(=S)[nH]c2c1)N1CCC[C@@H]1c1ccc(F)cc1. The molecule has 2 aromatic carbocycles. The summed E-state index contributed by atoms with van der Waals surface area (Å²) >= 11 is 5.00. The van der Waals surface area contributed by atoms with E-state index in [1.807, 2.05) is 0 Å². The monoisotopic (exact) mass is 369 g/mol. The molecule has 2 N–H and O–H groups in total. The number of nitrogens with one attached hydrogen (secondary N) is 2. The fourth-order valence-electron chi connectivity index (χ4n) is 3.51. The van der Waals surface area contributed by atoms with Crippen molar-refractivity contribution in [3.8, 4) is 0 Å². The summed E-state index contributed by atoms with van der Waals surface area (Å²) in [6, 6.07) is 11.1. The van der Waals surface area contributed by atoms with Crippen molar-refractivity contribution >= 4 is 29.0 Å². The molecule has 0 aliphatic carbocycles. The van der Waals surface area contributed by atoms with E-state index >= 15 is 0 Å². The van der Waals surface area contributed by atoms with Crippen LogP contribution in [0, 0.1) is 10.6 Å². The van der Waals surface area contributed by atoms with Crippen molar-refractivity contribution in [1.29, 1.82) is 0 Å². The molecule has 0 bridgehead atoms. The third kappa shape index (κ3) is 2.94. The van der Waals surface area contributed by atoms with Crippen LogP contribution in [-0.2, 0) is 0 Å². The van der Waals surface area contributed by atoms with E-state index in [9.17, 15) is 14.0 Å². The van der Waals surface area contributed by atoms with Crippen LogP contribution in [-0.4, -0.2) is 27.3 Å². The molecule has 1 fully saturated rings. The number of aromatic nitrogens is 2. The maximum atomic E-state index is 13.2. The normalized spacial score (nSPS) is 17.0. The fraction of sp³-hybridized carbons (Fsp3) is 0.211. The minimum atomic E-state index is -0.292. The van der Waals surface area contributed by atoms with Crippen LogP contribution in [0.25, 0.3) is 10.9 Å². The lowest BCUT2D eigenvalue weighted by atomic mass is 10.0. The summed E-state index contributed by atoms with van der Waals surface area (Å²) in [6.45, 7) is 0.643. The molecule has 0 saturated carbocycles. The molecule has 3 aromatic rings. The number of carbonyl (C=O) groups is 1. The van der Waals surface area contributed by atoms with Gasteiger partial charge in [-0.05, 0) is 61.0 Å². The second-order valence-corrected chi connectivity index (χ2v) is 6.78. The number of carbonyl (C=O) groups excluding carboxylic acids is 1. The summed E-state index contributed by atoms with van der Waals surface area (Å²) in [5, 5.41) is 0.451. The highest BCUT2D eigenvalue weighted by Gasteiger charge is 2.30.